The number of aliphatic carboxylic acids is 1. The number of methoxy groups -OCH3 is 1. The zero-order valence-corrected chi connectivity index (χ0v) is 13.8. The Balaban J connectivity index is 2.01. The first-order chi connectivity index (χ1) is 11.0. The number of carbonyl (C=O) groups is 2. The van der Waals surface area contributed by atoms with Gasteiger partial charge in [0.1, 0.15) is 0 Å². The van der Waals surface area contributed by atoms with Crippen LogP contribution in [0.1, 0.15) is 38.2 Å². The fourth-order valence-electron chi connectivity index (χ4n) is 3.12. The first kappa shape index (κ1) is 17.5. The summed E-state index contributed by atoms with van der Waals surface area (Å²) in [4.78, 5) is 25.9. The van der Waals surface area contributed by atoms with Crippen LogP contribution in [0.15, 0.2) is 30.3 Å². The Morgan fingerprint density at radius 3 is 2.39 bits per heavy atom. The number of benzene rings is 1. The van der Waals surface area contributed by atoms with Crippen molar-refractivity contribution in [2.24, 2.45) is 0 Å². The van der Waals surface area contributed by atoms with E-state index in [-0.39, 0.29) is 12.0 Å². The van der Waals surface area contributed by atoms with Crippen molar-refractivity contribution in [2.45, 2.75) is 44.1 Å². The normalized spacial score (nSPS) is 18.4. The molecule has 1 aliphatic heterocycles. The highest BCUT2D eigenvalue weighted by molar-refractivity contribution is 5.82. The topological polar surface area (TPSA) is 66.8 Å². The molecule has 126 valence electrons. The van der Waals surface area contributed by atoms with Gasteiger partial charge in [0.15, 0.2) is 0 Å². The molecule has 0 aliphatic carbocycles. The molecule has 1 N–H and O–H groups in total. The third kappa shape index (κ3) is 3.91. The van der Waals surface area contributed by atoms with Gasteiger partial charge in [0, 0.05) is 26.6 Å². The molecule has 5 heteroatoms. The van der Waals surface area contributed by atoms with Gasteiger partial charge in [-0.25, -0.2) is 0 Å². The van der Waals surface area contributed by atoms with Crippen LogP contribution in [0.25, 0.3) is 0 Å². The molecule has 1 aromatic rings. The van der Waals surface area contributed by atoms with Gasteiger partial charge in [-0.3, -0.25) is 9.59 Å². The summed E-state index contributed by atoms with van der Waals surface area (Å²) in [5.74, 6) is -0.718. The van der Waals surface area contributed by atoms with Gasteiger partial charge < -0.3 is 14.7 Å². The molecule has 1 amide bonds. The Morgan fingerprint density at radius 1 is 1.26 bits per heavy atom. The zero-order valence-electron chi connectivity index (χ0n) is 13.8. The van der Waals surface area contributed by atoms with Crippen molar-refractivity contribution in [1.82, 2.24) is 4.90 Å². The largest absolute Gasteiger partial charge is 0.481 e. The minimum atomic E-state index is -0.877. The molecule has 0 saturated carbocycles. The fraction of sp³-hybridized carbons (Fsp3) is 0.556. The molecule has 1 aromatic carbocycles. The average molecular weight is 319 g/mol. The first-order valence-corrected chi connectivity index (χ1v) is 8.09. The summed E-state index contributed by atoms with van der Waals surface area (Å²) < 4.78 is 5.16. The van der Waals surface area contributed by atoms with E-state index >= 15 is 0 Å². The highest BCUT2D eigenvalue weighted by atomic mass is 16.5. The number of amides is 1. The number of carboxylic acid groups (broad SMARTS) is 1. The first-order valence-electron chi connectivity index (χ1n) is 8.09. The number of piperidine rings is 1. The molecule has 1 heterocycles. The molecule has 5 nitrogen and oxygen atoms in total. The predicted octanol–water partition coefficient (Wildman–Crippen LogP) is 2.45. The molecule has 0 spiro atoms. The summed E-state index contributed by atoms with van der Waals surface area (Å²) in [6.45, 7) is 2.91. The maximum Gasteiger partial charge on any atom is 0.314 e. The highest BCUT2D eigenvalue weighted by Crippen LogP contribution is 2.36. The van der Waals surface area contributed by atoms with Crippen LogP contribution in [0.2, 0.25) is 0 Å². The van der Waals surface area contributed by atoms with Crippen molar-refractivity contribution < 1.29 is 19.4 Å². The molecule has 2 rings (SSSR count). The van der Waals surface area contributed by atoms with E-state index in [9.17, 15) is 14.7 Å². The lowest BCUT2D eigenvalue weighted by Crippen LogP contribution is -2.49. The van der Waals surface area contributed by atoms with E-state index in [1.165, 1.54) is 0 Å². The number of nitrogens with zero attached hydrogens (tertiary/aromatic N) is 1. The van der Waals surface area contributed by atoms with Crippen molar-refractivity contribution in [3.8, 4) is 0 Å². The summed E-state index contributed by atoms with van der Waals surface area (Å²) in [6, 6.07) is 9.35. The second-order valence-electron chi connectivity index (χ2n) is 6.22. The number of carboxylic acids is 1. The molecule has 1 saturated heterocycles. The second-order valence-corrected chi connectivity index (χ2v) is 6.22. The number of rotatable bonds is 6. The lowest BCUT2D eigenvalue weighted by molar-refractivity contribution is -0.148. The number of likely N-dealkylation sites (tertiary alicyclic amines) is 1. The molecule has 0 bridgehead atoms. The van der Waals surface area contributed by atoms with Crippen molar-refractivity contribution in [3.05, 3.63) is 35.9 Å². The van der Waals surface area contributed by atoms with Gasteiger partial charge in [-0.05, 0) is 31.7 Å². The molecule has 0 radical (unpaired) electrons. The van der Waals surface area contributed by atoms with Crippen LogP contribution in [-0.2, 0) is 19.7 Å². The van der Waals surface area contributed by atoms with Crippen LogP contribution >= 0.6 is 0 Å². The maximum absolute atomic E-state index is 12.3. The minimum Gasteiger partial charge on any atom is -0.481 e. The van der Waals surface area contributed by atoms with Crippen LogP contribution in [0.3, 0.4) is 0 Å². The van der Waals surface area contributed by atoms with Gasteiger partial charge >= 0.3 is 5.97 Å². The van der Waals surface area contributed by atoms with Crippen LogP contribution < -0.4 is 0 Å². The van der Waals surface area contributed by atoms with Crippen LogP contribution in [0, 0.1) is 0 Å². The summed E-state index contributed by atoms with van der Waals surface area (Å²) in [6.07, 6.45) is 2.11. The second kappa shape index (κ2) is 7.59. The van der Waals surface area contributed by atoms with Gasteiger partial charge in [-0.2, -0.15) is 0 Å². The van der Waals surface area contributed by atoms with E-state index in [0.29, 0.717) is 38.8 Å². The van der Waals surface area contributed by atoms with Gasteiger partial charge in [0.05, 0.1) is 11.5 Å². The monoisotopic (exact) mass is 319 g/mol. The van der Waals surface area contributed by atoms with E-state index in [1.807, 2.05) is 37.3 Å². The van der Waals surface area contributed by atoms with Crippen LogP contribution in [0.4, 0.5) is 0 Å². The number of hydrogen-bond donors (Lipinski definition) is 1. The summed E-state index contributed by atoms with van der Waals surface area (Å²) in [7, 11) is 1.64. The van der Waals surface area contributed by atoms with E-state index < -0.39 is 11.4 Å². The number of ether oxygens (including phenoxy) is 1. The molecule has 1 aliphatic rings. The van der Waals surface area contributed by atoms with Gasteiger partial charge in [0.25, 0.3) is 0 Å². The summed E-state index contributed by atoms with van der Waals surface area (Å²) in [5, 5.41) is 9.76. The highest BCUT2D eigenvalue weighted by Gasteiger charge is 2.43. The van der Waals surface area contributed by atoms with Gasteiger partial charge in [-0.15, -0.1) is 0 Å². The summed E-state index contributed by atoms with van der Waals surface area (Å²) >= 11 is 0. The smallest absolute Gasteiger partial charge is 0.314 e. The van der Waals surface area contributed by atoms with Gasteiger partial charge in [-0.1, -0.05) is 30.3 Å². The van der Waals surface area contributed by atoms with E-state index in [1.54, 1.807) is 12.0 Å². The van der Waals surface area contributed by atoms with Crippen LogP contribution in [0.5, 0.6) is 0 Å². The fourth-order valence-corrected chi connectivity index (χ4v) is 3.12. The lowest BCUT2D eigenvalue weighted by Gasteiger charge is -2.39. The number of hydrogen-bond acceptors (Lipinski definition) is 3. The zero-order chi connectivity index (χ0) is 16.9. The third-order valence-electron chi connectivity index (χ3n) is 4.87. The van der Waals surface area contributed by atoms with Crippen molar-refractivity contribution in [2.75, 3.05) is 20.2 Å². The Hall–Kier alpha value is -1.88. The quantitative estimate of drug-likeness (QED) is 0.874. The van der Waals surface area contributed by atoms with Crippen LogP contribution in [-0.4, -0.2) is 48.2 Å². The number of carbonyl (C=O) groups excluding carboxylic acids is 1. The predicted molar refractivity (Wildman–Crippen MR) is 87.3 cm³/mol. The third-order valence-corrected chi connectivity index (χ3v) is 4.87. The van der Waals surface area contributed by atoms with Crippen molar-refractivity contribution >= 4 is 11.9 Å². The summed E-state index contributed by atoms with van der Waals surface area (Å²) in [5.41, 5.74) is -0.0506. The van der Waals surface area contributed by atoms with Crippen molar-refractivity contribution in [3.63, 3.8) is 0 Å². The average Bonchev–Trinajstić information content (AvgIpc) is 2.60. The van der Waals surface area contributed by atoms with E-state index in [0.717, 1.165) is 5.56 Å². The van der Waals surface area contributed by atoms with Gasteiger partial charge in [0.2, 0.25) is 5.91 Å². The maximum atomic E-state index is 12.3. The minimum absolute atomic E-state index is 0.0613. The molecule has 1 fully saturated rings. The Bertz CT molecular complexity index is 535. The molecule has 0 aromatic heterocycles. The Morgan fingerprint density at radius 2 is 1.87 bits per heavy atom. The van der Waals surface area contributed by atoms with E-state index in [2.05, 4.69) is 0 Å². The molecule has 23 heavy (non-hydrogen) atoms. The SMILES string of the molecule is COC(C)CCC(=O)N1CCC(C(=O)O)(c2ccccc2)CC1. The Labute approximate surface area is 137 Å². The van der Waals surface area contributed by atoms with Crippen molar-refractivity contribution in [1.29, 1.82) is 0 Å². The molecular weight excluding hydrogens is 294 g/mol. The molecular formula is C18H25NO4. The Kier molecular flexibility index (Phi) is 5.77. The molecule has 1 unspecified atom stereocenters. The lowest BCUT2D eigenvalue weighted by atomic mass is 9.73. The standard InChI is InChI=1S/C18H25NO4/c1-14(23-2)8-9-16(20)19-12-10-18(11-13-19,17(21)22)15-6-4-3-5-7-15/h3-7,14H,8-13H2,1-2H3,(H,21,22). The molecule has 1 atom stereocenters. The van der Waals surface area contributed by atoms with E-state index in [4.69, 9.17) is 4.74 Å².